The summed E-state index contributed by atoms with van der Waals surface area (Å²) in [5, 5.41) is 11.9. The number of carbonyl (C=O) groups excluding carboxylic acids is 2. The molecule has 1 unspecified atom stereocenters. The van der Waals surface area contributed by atoms with Gasteiger partial charge >= 0.3 is 6.09 Å². The average Bonchev–Trinajstić information content (AvgIpc) is 3.14. The molecule has 1 aliphatic rings. The van der Waals surface area contributed by atoms with E-state index in [1.54, 1.807) is 28.0 Å². The highest BCUT2D eigenvalue weighted by molar-refractivity contribution is 6.00. The topological polar surface area (TPSA) is 109 Å². The Morgan fingerprint density at radius 2 is 2.06 bits per heavy atom. The minimum Gasteiger partial charge on any atom is -0.444 e. The maximum Gasteiger partial charge on any atom is 0.410 e. The van der Waals surface area contributed by atoms with Gasteiger partial charge in [-0.05, 0) is 59.4 Å². The lowest BCUT2D eigenvalue weighted by Gasteiger charge is -2.37. The highest BCUT2D eigenvalue weighted by atomic mass is 16.6. The van der Waals surface area contributed by atoms with Gasteiger partial charge in [0.15, 0.2) is 0 Å². The molecule has 9 heteroatoms. The number of non-ortho nitro benzene ring substituents is 1. The summed E-state index contributed by atoms with van der Waals surface area (Å²) in [6.07, 6.45) is 1.39. The van der Waals surface area contributed by atoms with Crippen LogP contribution in [0.3, 0.4) is 0 Å². The first kappa shape index (κ1) is 23.6. The summed E-state index contributed by atoms with van der Waals surface area (Å²) in [7, 11) is 0. The van der Waals surface area contributed by atoms with E-state index in [1.807, 2.05) is 34.6 Å². The summed E-state index contributed by atoms with van der Waals surface area (Å²) in [6.45, 7) is 11.1. The van der Waals surface area contributed by atoms with E-state index in [-0.39, 0.29) is 29.6 Å². The molecule has 0 saturated carbocycles. The number of nitro benzene ring substituents is 1. The van der Waals surface area contributed by atoms with Gasteiger partial charge in [0.25, 0.3) is 11.6 Å². The third-order valence-electron chi connectivity index (χ3n) is 5.57. The number of para-hydroxylation sites is 1. The number of nitro groups is 1. The Morgan fingerprint density at radius 3 is 2.69 bits per heavy atom. The average molecular weight is 445 g/mol. The van der Waals surface area contributed by atoms with Crippen LogP contribution >= 0.6 is 0 Å². The van der Waals surface area contributed by atoms with E-state index in [1.165, 1.54) is 6.07 Å². The third kappa shape index (κ3) is 5.38. The van der Waals surface area contributed by atoms with Crippen molar-refractivity contribution >= 4 is 28.6 Å². The van der Waals surface area contributed by atoms with Gasteiger partial charge < -0.3 is 19.5 Å². The van der Waals surface area contributed by atoms with Gasteiger partial charge in [0.05, 0.1) is 4.92 Å². The number of aromatic amines is 1. The van der Waals surface area contributed by atoms with Crippen molar-refractivity contribution in [3.63, 3.8) is 0 Å². The number of fused-ring (bicyclic) bond motifs is 1. The molecule has 32 heavy (non-hydrogen) atoms. The highest BCUT2D eigenvalue weighted by Gasteiger charge is 2.31. The first-order valence-corrected chi connectivity index (χ1v) is 11.0. The number of likely N-dealkylation sites (tertiary alicyclic amines) is 1. The molecule has 1 saturated heterocycles. The molecular formula is C23H32N4O5. The predicted molar refractivity (Wildman–Crippen MR) is 122 cm³/mol. The fourth-order valence-corrected chi connectivity index (χ4v) is 4.07. The zero-order valence-electron chi connectivity index (χ0n) is 19.4. The summed E-state index contributed by atoms with van der Waals surface area (Å²) >= 11 is 0. The number of hydrogen-bond donors (Lipinski definition) is 1. The van der Waals surface area contributed by atoms with Crippen molar-refractivity contribution in [1.82, 2.24) is 14.8 Å². The molecule has 1 aliphatic heterocycles. The first-order valence-electron chi connectivity index (χ1n) is 11.0. The Bertz CT molecular complexity index is 1010. The molecule has 3 rings (SSSR count). The third-order valence-corrected chi connectivity index (χ3v) is 5.57. The van der Waals surface area contributed by atoms with Crippen LogP contribution in [0.1, 0.15) is 57.9 Å². The number of H-pyrrole nitrogens is 1. The SMILES string of the molecule is CC(C)N(CC1CCCN(C(=O)c2cc3cccc([N+](=O)[O-])c3[nH]2)C1)C(=O)OC(C)(C)C. The number of nitrogens with zero attached hydrogens (tertiary/aromatic N) is 3. The van der Waals surface area contributed by atoms with Crippen molar-refractivity contribution in [3.05, 3.63) is 40.1 Å². The minimum atomic E-state index is -0.572. The van der Waals surface area contributed by atoms with Crippen LogP contribution in [0.4, 0.5) is 10.5 Å². The zero-order valence-corrected chi connectivity index (χ0v) is 19.4. The number of rotatable bonds is 5. The van der Waals surface area contributed by atoms with Crippen LogP contribution < -0.4 is 0 Å². The largest absolute Gasteiger partial charge is 0.444 e. The number of piperidine rings is 1. The first-order chi connectivity index (χ1) is 15.0. The molecule has 1 N–H and O–H groups in total. The van der Waals surface area contributed by atoms with Crippen molar-refractivity contribution < 1.29 is 19.2 Å². The molecule has 0 aliphatic carbocycles. The smallest absolute Gasteiger partial charge is 0.410 e. The fraction of sp³-hybridized carbons (Fsp3) is 0.565. The summed E-state index contributed by atoms with van der Waals surface area (Å²) in [5.74, 6) is -0.0603. The summed E-state index contributed by atoms with van der Waals surface area (Å²) in [4.78, 5) is 43.1. The van der Waals surface area contributed by atoms with Crippen molar-refractivity contribution in [2.75, 3.05) is 19.6 Å². The lowest BCUT2D eigenvalue weighted by Crippen LogP contribution is -2.48. The van der Waals surface area contributed by atoms with Crippen LogP contribution in [0.5, 0.6) is 0 Å². The highest BCUT2D eigenvalue weighted by Crippen LogP contribution is 2.27. The molecule has 1 aromatic heterocycles. The van der Waals surface area contributed by atoms with Crippen LogP contribution in [0.2, 0.25) is 0 Å². The Labute approximate surface area is 187 Å². The van der Waals surface area contributed by atoms with E-state index in [9.17, 15) is 19.7 Å². The van der Waals surface area contributed by atoms with Gasteiger partial charge in [0.1, 0.15) is 16.8 Å². The minimum absolute atomic E-state index is 0.0230. The normalized spacial score (nSPS) is 16.9. The molecule has 1 aromatic carbocycles. The van der Waals surface area contributed by atoms with Crippen LogP contribution in [-0.2, 0) is 4.74 Å². The number of benzene rings is 1. The molecule has 0 radical (unpaired) electrons. The van der Waals surface area contributed by atoms with Crippen molar-refractivity contribution in [1.29, 1.82) is 0 Å². The van der Waals surface area contributed by atoms with Gasteiger partial charge in [0, 0.05) is 37.1 Å². The van der Waals surface area contributed by atoms with Gasteiger partial charge in [-0.3, -0.25) is 14.9 Å². The Kier molecular flexibility index (Phi) is 6.76. The van der Waals surface area contributed by atoms with Gasteiger partial charge in [-0.15, -0.1) is 0 Å². The van der Waals surface area contributed by atoms with Crippen LogP contribution in [0.25, 0.3) is 10.9 Å². The maximum atomic E-state index is 13.2. The molecule has 0 bridgehead atoms. The van der Waals surface area contributed by atoms with E-state index in [0.29, 0.717) is 36.2 Å². The number of aromatic nitrogens is 1. The summed E-state index contributed by atoms with van der Waals surface area (Å²) in [6, 6.07) is 6.41. The predicted octanol–water partition coefficient (Wildman–Crippen LogP) is 4.57. The number of nitrogens with one attached hydrogen (secondary N) is 1. The molecule has 9 nitrogen and oxygen atoms in total. The lowest BCUT2D eigenvalue weighted by molar-refractivity contribution is -0.383. The molecule has 174 valence electrons. The number of amides is 2. The van der Waals surface area contributed by atoms with Crippen molar-refractivity contribution in [2.24, 2.45) is 5.92 Å². The maximum absolute atomic E-state index is 13.2. The van der Waals surface area contributed by atoms with Crippen molar-refractivity contribution in [2.45, 2.75) is 59.1 Å². The second-order valence-corrected chi connectivity index (χ2v) is 9.67. The van der Waals surface area contributed by atoms with E-state index in [4.69, 9.17) is 4.74 Å². The number of carbonyl (C=O) groups is 2. The monoisotopic (exact) mass is 444 g/mol. The Balaban J connectivity index is 1.73. The molecule has 2 aromatic rings. The van der Waals surface area contributed by atoms with Crippen LogP contribution in [0.15, 0.2) is 24.3 Å². The standard InChI is InChI=1S/C23H32N4O5/c1-15(2)26(22(29)32-23(3,4)5)14-16-8-7-11-25(13-16)21(28)18-12-17-9-6-10-19(27(30)31)20(17)24-18/h6,9-10,12,15-16,24H,7-8,11,13-14H2,1-5H3. The Hall–Kier alpha value is -3.10. The van der Waals surface area contributed by atoms with Gasteiger partial charge in [-0.25, -0.2) is 4.79 Å². The van der Waals surface area contributed by atoms with Gasteiger partial charge in [-0.1, -0.05) is 12.1 Å². The van der Waals surface area contributed by atoms with Gasteiger partial charge in [0.2, 0.25) is 0 Å². The van der Waals surface area contributed by atoms with E-state index >= 15 is 0 Å². The van der Waals surface area contributed by atoms with Gasteiger partial charge in [-0.2, -0.15) is 0 Å². The molecule has 1 atom stereocenters. The van der Waals surface area contributed by atoms with Crippen LogP contribution in [0, 0.1) is 16.0 Å². The molecule has 2 amide bonds. The van der Waals surface area contributed by atoms with E-state index < -0.39 is 10.5 Å². The molecule has 1 fully saturated rings. The molecular weight excluding hydrogens is 412 g/mol. The quantitative estimate of drug-likeness (QED) is 0.536. The second kappa shape index (κ2) is 9.18. The fourth-order valence-electron chi connectivity index (χ4n) is 4.07. The lowest BCUT2D eigenvalue weighted by atomic mass is 9.96. The molecule has 2 heterocycles. The van der Waals surface area contributed by atoms with E-state index in [0.717, 1.165) is 12.8 Å². The van der Waals surface area contributed by atoms with E-state index in [2.05, 4.69) is 4.98 Å². The summed E-state index contributed by atoms with van der Waals surface area (Å²) < 4.78 is 5.56. The van der Waals surface area contributed by atoms with Crippen molar-refractivity contribution in [3.8, 4) is 0 Å². The van der Waals surface area contributed by atoms with Crippen LogP contribution in [-0.4, -0.2) is 63.0 Å². The Morgan fingerprint density at radius 1 is 1.34 bits per heavy atom. The molecule has 0 spiro atoms. The summed E-state index contributed by atoms with van der Waals surface area (Å²) in [5.41, 5.74) is 0.0629. The number of hydrogen-bond acceptors (Lipinski definition) is 5. The zero-order chi connectivity index (χ0) is 23.6. The number of ether oxygens (including phenoxy) is 1. The second-order valence-electron chi connectivity index (χ2n) is 9.67.